The van der Waals surface area contributed by atoms with Crippen molar-refractivity contribution in [2.75, 3.05) is 0 Å². The molecule has 0 aliphatic carbocycles. The van der Waals surface area contributed by atoms with E-state index in [1.807, 2.05) is 30.3 Å². The molecule has 0 saturated heterocycles. The quantitative estimate of drug-likeness (QED) is 0.597. The molecule has 0 atom stereocenters. The first-order valence-corrected chi connectivity index (χ1v) is 6.45. The molecule has 2 rings (SSSR count). The Hall–Kier alpha value is -2.75. The first-order valence-electron chi connectivity index (χ1n) is 6.45. The summed E-state index contributed by atoms with van der Waals surface area (Å²) in [6, 6.07) is 9.21. The van der Waals surface area contributed by atoms with E-state index >= 15 is 0 Å². The summed E-state index contributed by atoms with van der Waals surface area (Å²) in [5.74, 6) is -1.55. The minimum Gasteiger partial charge on any atom is -0.507 e. The van der Waals surface area contributed by atoms with Gasteiger partial charge in [-0.2, -0.15) is 0 Å². The van der Waals surface area contributed by atoms with Crippen LogP contribution >= 0.6 is 0 Å². The predicted molar refractivity (Wildman–Crippen MR) is 80.7 cm³/mol. The van der Waals surface area contributed by atoms with Gasteiger partial charge in [0, 0.05) is 11.1 Å². The minimum absolute atomic E-state index is 0.168. The van der Waals surface area contributed by atoms with Crippen molar-refractivity contribution >= 4 is 11.9 Å². The van der Waals surface area contributed by atoms with Crippen molar-refractivity contribution in [3.63, 3.8) is 0 Å². The van der Waals surface area contributed by atoms with Crippen LogP contribution in [0.2, 0.25) is 0 Å². The van der Waals surface area contributed by atoms with Crippen LogP contribution in [0.3, 0.4) is 0 Å². The topological polar surface area (TPSA) is 77.8 Å². The Balaban J connectivity index is 2.43. The monoisotopic (exact) mass is 284 g/mol. The second-order valence-electron chi connectivity index (χ2n) is 4.78. The molecule has 2 aromatic rings. The molecule has 0 heterocycles. The van der Waals surface area contributed by atoms with Gasteiger partial charge in [0.05, 0.1) is 0 Å². The molecule has 0 spiro atoms. The van der Waals surface area contributed by atoms with Crippen LogP contribution in [0.1, 0.15) is 27.0 Å². The van der Waals surface area contributed by atoms with Crippen LogP contribution in [0.5, 0.6) is 17.2 Å². The first kappa shape index (κ1) is 14.7. The number of phenolic OH excluding ortho intramolecular Hbond substituents is 3. The second kappa shape index (κ2) is 5.71. The van der Waals surface area contributed by atoms with Crippen molar-refractivity contribution in [1.82, 2.24) is 0 Å². The van der Waals surface area contributed by atoms with Crippen LogP contribution in [-0.2, 0) is 0 Å². The fourth-order valence-electron chi connectivity index (χ4n) is 2.05. The molecule has 0 radical (unpaired) electrons. The van der Waals surface area contributed by atoms with Crippen LogP contribution < -0.4 is 0 Å². The van der Waals surface area contributed by atoms with E-state index in [1.54, 1.807) is 6.08 Å². The zero-order valence-corrected chi connectivity index (χ0v) is 11.8. The molecule has 21 heavy (non-hydrogen) atoms. The molecular formula is C17H16O4. The smallest absolute Gasteiger partial charge is 0.193 e. The number of carbonyl (C=O) groups is 1. The van der Waals surface area contributed by atoms with Gasteiger partial charge in [-0.1, -0.05) is 36.4 Å². The Morgan fingerprint density at radius 1 is 0.905 bits per heavy atom. The number of rotatable bonds is 3. The molecule has 108 valence electrons. The normalized spacial score (nSPS) is 11.0. The van der Waals surface area contributed by atoms with Gasteiger partial charge in [0.1, 0.15) is 22.8 Å². The maximum absolute atomic E-state index is 12.2. The number of allylic oxidation sites excluding steroid dienone is 1. The summed E-state index contributed by atoms with van der Waals surface area (Å²) in [6.45, 7) is 2.96. The van der Waals surface area contributed by atoms with Crippen LogP contribution in [0, 0.1) is 13.8 Å². The van der Waals surface area contributed by atoms with E-state index in [1.165, 1.54) is 19.9 Å². The highest BCUT2D eigenvalue weighted by Gasteiger charge is 2.22. The summed E-state index contributed by atoms with van der Waals surface area (Å²) in [5.41, 5.74) is 0.968. The van der Waals surface area contributed by atoms with Gasteiger partial charge in [-0.15, -0.1) is 0 Å². The van der Waals surface area contributed by atoms with Crippen molar-refractivity contribution in [2.24, 2.45) is 0 Å². The second-order valence-corrected chi connectivity index (χ2v) is 4.78. The Labute approximate surface area is 122 Å². The van der Waals surface area contributed by atoms with Crippen LogP contribution in [0.25, 0.3) is 6.08 Å². The van der Waals surface area contributed by atoms with Gasteiger partial charge in [0.2, 0.25) is 0 Å². The summed E-state index contributed by atoms with van der Waals surface area (Å²) < 4.78 is 0. The molecule has 0 amide bonds. The Kier molecular flexibility index (Phi) is 3.98. The van der Waals surface area contributed by atoms with Crippen LogP contribution in [0.4, 0.5) is 0 Å². The largest absolute Gasteiger partial charge is 0.507 e. The number of hydrogen-bond donors (Lipinski definition) is 3. The van der Waals surface area contributed by atoms with E-state index < -0.39 is 17.3 Å². The average Bonchev–Trinajstić information content (AvgIpc) is 2.50. The van der Waals surface area contributed by atoms with Gasteiger partial charge in [-0.3, -0.25) is 4.79 Å². The SMILES string of the molecule is Cc1c(O)c(C)c(O)c(C(=O)/C=C/c2ccccc2)c1O. The molecule has 4 nitrogen and oxygen atoms in total. The molecule has 3 N–H and O–H groups in total. The lowest BCUT2D eigenvalue weighted by Crippen LogP contribution is -1.99. The average molecular weight is 284 g/mol. The summed E-state index contributed by atoms with van der Waals surface area (Å²) in [7, 11) is 0. The molecule has 0 saturated carbocycles. The molecule has 0 fully saturated rings. The maximum atomic E-state index is 12.2. The summed E-state index contributed by atoms with van der Waals surface area (Å²) in [5, 5.41) is 29.7. The van der Waals surface area contributed by atoms with E-state index in [0.29, 0.717) is 0 Å². The highest BCUT2D eigenvalue weighted by Crippen LogP contribution is 2.41. The fraction of sp³-hybridized carbons (Fsp3) is 0.118. The van der Waals surface area contributed by atoms with Gasteiger partial charge in [0.25, 0.3) is 0 Å². The lowest BCUT2D eigenvalue weighted by Gasteiger charge is -2.12. The predicted octanol–water partition coefficient (Wildman–Crippen LogP) is 3.32. The Morgan fingerprint density at radius 2 is 1.43 bits per heavy atom. The third-order valence-corrected chi connectivity index (χ3v) is 3.37. The number of phenols is 3. The molecule has 0 aliphatic rings. The van der Waals surface area contributed by atoms with Gasteiger partial charge < -0.3 is 15.3 Å². The molecule has 4 heteroatoms. The highest BCUT2D eigenvalue weighted by molar-refractivity contribution is 6.11. The number of benzene rings is 2. The van der Waals surface area contributed by atoms with Crippen molar-refractivity contribution in [2.45, 2.75) is 13.8 Å². The third kappa shape index (κ3) is 2.74. The Morgan fingerprint density at radius 3 is 1.95 bits per heavy atom. The van der Waals surface area contributed by atoms with Crippen LogP contribution in [-0.4, -0.2) is 21.1 Å². The summed E-state index contributed by atoms with van der Waals surface area (Å²) in [4.78, 5) is 12.2. The van der Waals surface area contributed by atoms with Gasteiger partial charge in [-0.25, -0.2) is 0 Å². The van der Waals surface area contributed by atoms with E-state index in [0.717, 1.165) is 5.56 Å². The van der Waals surface area contributed by atoms with E-state index in [4.69, 9.17) is 0 Å². The number of ketones is 1. The van der Waals surface area contributed by atoms with Crippen molar-refractivity contribution < 1.29 is 20.1 Å². The van der Waals surface area contributed by atoms with Gasteiger partial charge in [-0.05, 0) is 25.5 Å². The van der Waals surface area contributed by atoms with Crippen molar-refractivity contribution in [3.05, 3.63) is 58.7 Å². The molecule has 0 aromatic heterocycles. The lowest BCUT2D eigenvalue weighted by molar-refractivity contribution is 0.104. The maximum Gasteiger partial charge on any atom is 0.193 e. The van der Waals surface area contributed by atoms with Gasteiger partial charge in [0.15, 0.2) is 5.78 Å². The lowest BCUT2D eigenvalue weighted by atomic mass is 9.98. The summed E-state index contributed by atoms with van der Waals surface area (Å²) >= 11 is 0. The first-order chi connectivity index (χ1) is 9.93. The zero-order chi connectivity index (χ0) is 15.6. The summed E-state index contributed by atoms with van der Waals surface area (Å²) in [6.07, 6.45) is 2.87. The highest BCUT2D eigenvalue weighted by atomic mass is 16.3. The minimum atomic E-state index is -0.528. The molecule has 0 aliphatic heterocycles. The molecule has 0 bridgehead atoms. The van der Waals surface area contributed by atoms with E-state index in [-0.39, 0.29) is 22.4 Å². The molecule has 0 unspecified atom stereocenters. The van der Waals surface area contributed by atoms with E-state index in [9.17, 15) is 20.1 Å². The molecular weight excluding hydrogens is 268 g/mol. The Bertz CT molecular complexity index is 686. The van der Waals surface area contributed by atoms with E-state index in [2.05, 4.69) is 0 Å². The fourth-order valence-corrected chi connectivity index (χ4v) is 2.05. The van der Waals surface area contributed by atoms with Crippen LogP contribution in [0.15, 0.2) is 36.4 Å². The zero-order valence-electron chi connectivity index (χ0n) is 11.8. The standard InChI is InChI=1S/C17H16O4/c1-10-15(19)11(2)17(21)14(16(10)20)13(18)9-8-12-6-4-3-5-7-12/h3-9,19-21H,1-2H3/b9-8+. The number of hydrogen-bond acceptors (Lipinski definition) is 4. The van der Waals surface area contributed by atoms with Crippen molar-refractivity contribution in [3.8, 4) is 17.2 Å². The third-order valence-electron chi connectivity index (χ3n) is 3.37. The van der Waals surface area contributed by atoms with Gasteiger partial charge >= 0.3 is 0 Å². The number of carbonyl (C=O) groups excluding carboxylic acids is 1. The number of aromatic hydroxyl groups is 3. The molecule has 2 aromatic carbocycles. The van der Waals surface area contributed by atoms with Crippen molar-refractivity contribution in [1.29, 1.82) is 0 Å².